The quantitative estimate of drug-likeness (QED) is 0.733. The maximum absolute atomic E-state index is 11.8. The lowest BCUT2D eigenvalue weighted by Gasteiger charge is -2.10. The first-order valence-corrected chi connectivity index (χ1v) is 8.31. The lowest BCUT2D eigenvalue weighted by molar-refractivity contribution is -0.123. The second-order valence-electron chi connectivity index (χ2n) is 5.64. The summed E-state index contributed by atoms with van der Waals surface area (Å²) in [7, 11) is 0. The Kier molecular flexibility index (Phi) is 6.94. The van der Waals surface area contributed by atoms with Crippen molar-refractivity contribution in [3.05, 3.63) is 59.1 Å². The highest BCUT2D eigenvalue weighted by atomic mass is 35.5. The first-order valence-electron chi connectivity index (χ1n) is 7.93. The van der Waals surface area contributed by atoms with Gasteiger partial charge in [-0.3, -0.25) is 4.79 Å². The molecule has 0 aliphatic carbocycles. The maximum Gasteiger partial charge on any atom is 0.258 e. The molecule has 0 aliphatic rings. The molecule has 24 heavy (non-hydrogen) atoms. The van der Waals surface area contributed by atoms with Crippen LogP contribution in [0.4, 0.5) is 0 Å². The van der Waals surface area contributed by atoms with E-state index in [-0.39, 0.29) is 12.5 Å². The smallest absolute Gasteiger partial charge is 0.258 e. The molecule has 0 saturated heterocycles. The van der Waals surface area contributed by atoms with Crippen molar-refractivity contribution < 1.29 is 14.3 Å². The van der Waals surface area contributed by atoms with E-state index in [0.29, 0.717) is 35.6 Å². The molecule has 0 aliphatic heterocycles. The molecule has 4 nitrogen and oxygen atoms in total. The van der Waals surface area contributed by atoms with Crippen LogP contribution in [-0.4, -0.2) is 25.7 Å². The standard InChI is InChI=1S/C19H22ClNO3/c1-14(2)15-7-9-16(10-8-15)24-13-19(22)21-11-12-23-18-6-4-3-5-17(18)20/h3-10,14H,11-13H2,1-2H3,(H,21,22). The number of carbonyl (C=O) groups is 1. The number of rotatable bonds is 8. The van der Waals surface area contributed by atoms with Gasteiger partial charge in [-0.2, -0.15) is 0 Å². The van der Waals surface area contributed by atoms with Gasteiger partial charge in [0.2, 0.25) is 0 Å². The second-order valence-corrected chi connectivity index (χ2v) is 6.05. The van der Waals surface area contributed by atoms with Gasteiger partial charge in [0.15, 0.2) is 6.61 Å². The summed E-state index contributed by atoms with van der Waals surface area (Å²) in [5.74, 6) is 1.57. The molecule has 0 aromatic heterocycles. The minimum absolute atomic E-state index is 0.0207. The van der Waals surface area contributed by atoms with Crippen molar-refractivity contribution in [2.75, 3.05) is 19.8 Å². The summed E-state index contributed by atoms with van der Waals surface area (Å²) < 4.78 is 11.0. The summed E-state index contributed by atoms with van der Waals surface area (Å²) in [4.78, 5) is 11.8. The van der Waals surface area contributed by atoms with E-state index in [1.54, 1.807) is 12.1 Å². The van der Waals surface area contributed by atoms with Crippen LogP contribution in [0.5, 0.6) is 11.5 Å². The van der Waals surface area contributed by atoms with E-state index in [2.05, 4.69) is 19.2 Å². The van der Waals surface area contributed by atoms with Crippen LogP contribution in [0.15, 0.2) is 48.5 Å². The van der Waals surface area contributed by atoms with Crippen molar-refractivity contribution in [3.8, 4) is 11.5 Å². The zero-order valence-corrected chi connectivity index (χ0v) is 14.7. The third-order valence-electron chi connectivity index (χ3n) is 3.44. The number of amides is 1. The zero-order chi connectivity index (χ0) is 17.4. The molecule has 5 heteroatoms. The Labute approximate surface area is 147 Å². The Bertz CT molecular complexity index is 656. The number of nitrogens with one attached hydrogen (secondary N) is 1. The van der Waals surface area contributed by atoms with Crippen molar-refractivity contribution >= 4 is 17.5 Å². The second kappa shape index (κ2) is 9.18. The molecule has 2 rings (SSSR count). The number of ether oxygens (including phenoxy) is 2. The van der Waals surface area contributed by atoms with Crippen molar-refractivity contribution in [3.63, 3.8) is 0 Å². The van der Waals surface area contributed by atoms with Gasteiger partial charge in [0.25, 0.3) is 5.91 Å². The van der Waals surface area contributed by atoms with Crippen LogP contribution < -0.4 is 14.8 Å². The van der Waals surface area contributed by atoms with Gasteiger partial charge in [0, 0.05) is 0 Å². The van der Waals surface area contributed by atoms with Gasteiger partial charge in [-0.05, 0) is 35.7 Å². The Morgan fingerprint density at radius 2 is 1.79 bits per heavy atom. The first kappa shape index (κ1) is 18.1. The van der Waals surface area contributed by atoms with E-state index in [1.807, 2.05) is 36.4 Å². The molecule has 0 unspecified atom stereocenters. The lowest BCUT2D eigenvalue weighted by Crippen LogP contribution is -2.32. The van der Waals surface area contributed by atoms with E-state index < -0.39 is 0 Å². The summed E-state index contributed by atoms with van der Waals surface area (Å²) in [6.45, 7) is 4.98. The molecule has 0 radical (unpaired) electrons. The Morgan fingerprint density at radius 1 is 1.08 bits per heavy atom. The van der Waals surface area contributed by atoms with Crippen LogP contribution in [-0.2, 0) is 4.79 Å². The van der Waals surface area contributed by atoms with Crippen molar-refractivity contribution in [1.82, 2.24) is 5.32 Å². The summed E-state index contributed by atoms with van der Waals surface area (Å²) in [5, 5.41) is 3.29. The van der Waals surface area contributed by atoms with Gasteiger partial charge in [-0.25, -0.2) is 0 Å². The van der Waals surface area contributed by atoms with Crippen LogP contribution in [0, 0.1) is 0 Å². The normalized spacial score (nSPS) is 10.5. The fourth-order valence-electron chi connectivity index (χ4n) is 2.06. The number of benzene rings is 2. The number of halogens is 1. The third-order valence-corrected chi connectivity index (χ3v) is 3.75. The van der Waals surface area contributed by atoms with Crippen LogP contribution in [0.25, 0.3) is 0 Å². The van der Waals surface area contributed by atoms with Gasteiger partial charge in [-0.15, -0.1) is 0 Å². The fraction of sp³-hybridized carbons (Fsp3) is 0.316. The fourth-order valence-corrected chi connectivity index (χ4v) is 2.25. The van der Waals surface area contributed by atoms with Crippen LogP contribution in [0.1, 0.15) is 25.3 Å². The van der Waals surface area contributed by atoms with Gasteiger partial charge in [0.05, 0.1) is 11.6 Å². The molecule has 1 N–H and O–H groups in total. The molecule has 2 aromatic rings. The van der Waals surface area contributed by atoms with Gasteiger partial charge in [0.1, 0.15) is 18.1 Å². The van der Waals surface area contributed by atoms with Gasteiger partial charge < -0.3 is 14.8 Å². The van der Waals surface area contributed by atoms with Gasteiger partial charge >= 0.3 is 0 Å². The highest BCUT2D eigenvalue weighted by Crippen LogP contribution is 2.22. The maximum atomic E-state index is 11.8. The molecule has 0 saturated carbocycles. The van der Waals surface area contributed by atoms with E-state index in [1.165, 1.54) is 5.56 Å². The largest absolute Gasteiger partial charge is 0.490 e. The summed E-state index contributed by atoms with van der Waals surface area (Å²) in [6, 6.07) is 15.0. The SMILES string of the molecule is CC(C)c1ccc(OCC(=O)NCCOc2ccccc2Cl)cc1. The van der Waals surface area contributed by atoms with Crippen LogP contribution in [0.2, 0.25) is 5.02 Å². The molecule has 0 atom stereocenters. The number of hydrogen-bond acceptors (Lipinski definition) is 3. The minimum Gasteiger partial charge on any atom is -0.490 e. The molecule has 0 spiro atoms. The predicted molar refractivity (Wildman–Crippen MR) is 96.0 cm³/mol. The first-order chi connectivity index (χ1) is 11.6. The predicted octanol–water partition coefficient (Wildman–Crippen LogP) is 4.04. The molecule has 128 valence electrons. The van der Waals surface area contributed by atoms with Crippen molar-refractivity contribution in [2.45, 2.75) is 19.8 Å². The Morgan fingerprint density at radius 3 is 2.46 bits per heavy atom. The monoisotopic (exact) mass is 347 g/mol. The highest BCUT2D eigenvalue weighted by Gasteiger charge is 2.04. The molecule has 0 heterocycles. The number of para-hydroxylation sites is 1. The number of hydrogen-bond donors (Lipinski definition) is 1. The van der Waals surface area contributed by atoms with Crippen LogP contribution in [0.3, 0.4) is 0 Å². The van der Waals surface area contributed by atoms with Gasteiger partial charge in [-0.1, -0.05) is 49.7 Å². The molecule has 1 amide bonds. The summed E-state index contributed by atoms with van der Waals surface area (Å²) in [5.41, 5.74) is 1.24. The minimum atomic E-state index is -0.189. The Hall–Kier alpha value is -2.20. The summed E-state index contributed by atoms with van der Waals surface area (Å²) in [6.07, 6.45) is 0. The molecule has 0 fully saturated rings. The lowest BCUT2D eigenvalue weighted by atomic mass is 10.0. The topological polar surface area (TPSA) is 47.6 Å². The molecular formula is C19H22ClNO3. The van der Waals surface area contributed by atoms with Crippen molar-refractivity contribution in [1.29, 1.82) is 0 Å². The highest BCUT2D eigenvalue weighted by molar-refractivity contribution is 6.32. The third kappa shape index (κ3) is 5.78. The van der Waals surface area contributed by atoms with Crippen molar-refractivity contribution in [2.24, 2.45) is 0 Å². The van der Waals surface area contributed by atoms with E-state index in [0.717, 1.165) is 0 Å². The molecule has 2 aromatic carbocycles. The van der Waals surface area contributed by atoms with E-state index in [4.69, 9.17) is 21.1 Å². The summed E-state index contributed by atoms with van der Waals surface area (Å²) >= 11 is 5.98. The average molecular weight is 348 g/mol. The van der Waals surface area contributed by atoms with E-state index >= 15 is 0 Å². The van der Waals surface area contributed by atoms with Crippen LogP contribution >= 0.6 is 11.6 Å². The molecular weight excluding hydrogens is 326 g/mol. The zero-order valence-electron chi connectivity index (χ0n) is 13.9. The average Bonchev–Trinajstić information content (AvgIpc) is 2.58. The number of carbonyl (C=O) groups excluding carboxylic acids is 1. The van der Waals surface area contributed by atoms with E-state index in [9.17, 15) is 4.79 Å². The Balaban J connectivity index is 1.65. The molecule has 0 bridgehead atoms.